The average molecular weight is 746 g/mol. The Kier molecular flexibility index (Phi) is 8.00. The van der Waals surface area contributed by atoms with E-state index in [1.54, 1.807) is 6.33 Å². The monoisotopic (exact) mass is 745 g/mol. The van der Waals surface area contributed by atoms with Crippen molar-refractivity contribution in [2.24, 2.45) is 0 Å². The standard InChI is InChI=1S/C51H35N7/c1-5-17-36(18-6-1)55(37-19-7-2-8-20-37)40-29-31-48-44(33-40)42-25-13-15-27-46(42)57(48)50-52-35-53-51(54-50)58-47-28-16-14-26-43(47)45-34-41(30-32-49(45)58)56(38-21-9-3-10-22-38)39-23-11-4-12-24-39/h1-35H. The van der Waals surface area contributed by atoms with Crippen molar-refractivity contribution in [1.82, 2.24) is 24.1 Å². The zero-order valence-corrected chi connectivity index (χ0v) is 31.3. The lowest BCUT2D eigenvalue weighted by atomic mass is 10.1. The molecule has 3 aromatic heterocycles. The molecule has 7 nitrogen and oxygen atoms in total. The molecule has 7 heteroatoms. The molecule has 3 heterocycles. The van der Waals surface area contributed by atoms with Crippen LogP contribution in [0.3, 0.4) is 0 Å². The zero-order valence-electron chi connectivity index (χ0n) is 31.3. The SMILES string of the molecule is c1ccc(N(c2ccccc2)c2ccc3c(c2)c2ccccc2n3-c2ncnc(-n3c4ccccc4c4cc(N(c5ccccc5)c5ccccc5)ccc43)n2)cc1. The molecule has 0 aliphatic heterocycles. The van der Waals surface area contributed by atoms with E-state index in [9.17, 15) is 0 Å². The molecular weight excluding hydrogens is 711 g/mol. The van der Waals surface area contributed by atoms with E-state index >= 15 is 0 Å². The maximum atomic E-state index is 5.25. The van der Waals surface area contributed by atoms with Gasteiger partial charge in [-0.1, -0.05) is 109 Å². The third kappa shape index (κ3) is 5.56. The Bertz CT molecular complexity index is 2940. The summed E-state index contributed by atoms with van der Waals surface area (Å²) in [4.78, 5) is 19.5. The van der Waals surface area contributed by atoms with Crippen LogP contribution < -0.4 is 9.80 Å². The average Bonchev–Trinajstić information content (AvgIpc) is 3.81. The number of nitrogens with zero attached hydrogens (tertiary/aromatic N) is 7. The highest BCUT2D eigenvalue weighted by molar-refractivity contribution is 6.11. The highest BCUT2D eigenvalue weighted by atomic mass is 15.3. The summed E-state index contributed by atoms with van der Waals surface area (Å²) in [6, 6.07) is 72.2. The lowest BCUT2D eigenvalue weighted by molar-refractivity contribution is 0.886. The first-order chi connectivity index (χ1) is 28.8. The van der Waals surface area contributed by atoms with E-state index in [1.165, 1.54) is 0 Å². The smallest absolute Gasteiger partial charge is 0.239 e. The molecule has 0 radical (unpaired) electrons. The topological polar surface area (TPSA) is 55.0 Å². The van der Waals surface area contributed by atoms with Crippen molar-refractivity contribution in [2.75, 3.05) is 9.80 Å². The second kappa shape index (κ2) is 13.9. The lowest BCUT2D eigenvalue weighted by Gasteiger charge is -2.25. The first kappa shape index (κ1) is 33.3. The number of anilines is 6. The Balaban J connectivity index is 1.07. The second-order valence-electron chi connectivity index (χ2n) is 14.2. The molecule has 0 atom stereocenters. The highest BCUT2D eigenvalue weighted by Crippen LogP contribution is 2.41. The van der Waals surface area contributed by atoms with Gasteiger partial charge in [0.25, 0.3) is 0 Å². The van der Waals surface area contributed by atoms with E-state index in [0.717, 1.165) is 77.7 Å². The summed E-state index contributed by atoms with van der Waals surface area (Å²) in [7, 11) is 0. The van der Waals surface area contributed by atoms with Crippen LogP contribution in [0.5, 0.6) is 0 Å². The second-order valence-corrected chi connectivity index (χ2v) is 14.2. The van der Waals surface area contributed by atoms with E-state index in [2.05, 4.69) is 225 Å². The molecule has 58 heavy (non-hydrogen) atoms. The van der Waals surface area contributed by atoms with Gasteiger partial charge in [-0.2, -0.15) is 4.98 Å². The van der Waals surface area contributed by atoms with Crippen molar-refractivity contribution in [2.45, 2.75) is 0 Å². The maximum Gasteiger partial charge on any atom is 0.239 e. The summed E-state index contributed by atoms with van der Waals surface area (Å²) in [6.45, 7) is 0. The van der Waals surface area contributed by atoms with E-state index in [-0.39, 0.29) is 0 Å². The van der Waals surface area contributed by atoms with Crippen LogP contribution in [-0.4, -0.2) is 24.1 Å². The Morgan fingerprint density at radius 3 is 1.00 bits per heavy atom. The van der Waals surface area contributed by atoms with Gasteiger partial charge in [-0.05, 0) is 97.1 Å². The van der Waals surface area contributed by atoms with E-state index in [4.69, 9.17) is 15.0 Å². The molecule has 274 valence electrons. The summed E-state index contributed by atoms with van der Waals surface area (Å²) >= 11 is 0. The van der Waals surface area contributed by atoms with Crippen molar-refractivity contribution in [1.29, 1.82) is 0 Å². The van der Waals surface area contributed by atoms with Crippen molar-refractivity contribution >= 4 is 77.7 Å². The summed E-state index contributed by atoms with van der Waals surface area (Å²) in [5.41, 5.74) is 10.5. The molecule has 0 aliphatic carbocycles. The number of fused-ring (bicyclic) bond motifs is 6. The van der Waals surface area contributed by atoms with Crippen LogP contribution >= 0.6 is 0 Å². The Morgan fingerprint density at radius 2 is 0.621 bits per heavy atom. The highest BCUT2D eigenvalue weighted by Gasteiger charge is 2.21. The molecule has 0 N–H and O–H groups in total. The molecule has 0 fully saturated rings. The minimum atomic E-state index is 0.550. The van der Waals surface area contributed by atoms with Gasteiger partial charge in [0.15, 0.2) is 0 Å². The molecule has 0 spiro atoms. The summed E-state index contributed by atoms with van der Waals surface area (Å²) in [5.74, 6) is 1.10. The summed E-state index contributed by atoms with van der Waals surface area (Å²) < 4.78 is 4.30. The first-order valence-electron chi connectivity index (χ1n) is 19.4. The first-order valence-corrected chi connectivity index (χ1v) is 19.4. The minimum Gasteiger partial charge on any atom is -0.310 e. The number of aromatic nitrogens is 5. The van der Waals surface area contributed by atoms with Gasteiger partial charge in [0, 0.05) is 55.7 Å². The number of hydrogen-bond acceptors (Lipinski definition) is 5. The molecular formula is C51H35N7. The predicted molar refractivity (Wildman–Crippen MR) is 238 cm³/mol. The number of para-hydroxylation sites is 6. The fourth-order valence-corrected chi connectivity index (χ4v) is 8.33. The van der Waals surface area contributed by atoms with Crippen LogP contribution in [0.15, 0.2) is 213 Å². The number of hydrogen-bond donors (Lipinski definition) is 0. The largest absolute Gasteiger partial charge is 0.310 e. The van der Waals surface area contributed by atoms with Crippen LogP contribution in [0.2, 0.25) is 0 Å². The molecule has 8 aromatic carbocycles. The Hall–Kier alpha value is -8.03. The molecule has 0 aliphatic rings. The van der Waals surface area contributed by atoms with Crippen molar-refractivity contribution in [3.63, 3.8) is 0 Å². The van der Waals surface area contributed by atoms with Gasteiger partial charge in [-0.15, -0.1) is 0 Å². The predicted octanol–water partition coefficient (Wildman–Crippen LogP) is 13.0. The van der Waals surface area contributed by atoms with Crippen molar-refractivity contribution in [3.05, 3.63) is 213 Å². The lowest BCUT2D eigenvalue weighted by Crippen LogP contribution is -2.10. The molecule has 0 saturated carbocycles. The summed E-state index contributed by atoms with van der Waals surface area (Å²) in [6.07, 6.45) is 1.63. The zero-order chi connectivity index (χ0) is 38.4. The van der Waals surface area contributed by atoms with Crippen LogP contribution in [0.25, 0.3) is 55.5 Å². The van der Waals surface area contributed by atoms with E-state index in [1.807, 2.05) is 0 Å². The van der Waals surface area contributed by atoms with Crippen LogP contribution in [0, 0.1) is 0 Å². The quantitative estimate of drug-likeness (QED) is 0.155. The Morgan fingerprint density at radius 1 is 0.293 bits per heavy atom. The Labute approximate surface area is 335 Å². The van der Waals surface area contributed by atoms with Gasteiger partial charge in [0.1, 0.15) is 6.33 Å². The molecule has 0 saturated heterocycles. The van der Waals surface area contributed by atoms with Crippen molar-refractivity contribution < 1.29 is 0 Å². The molecule has 11 aromatic rings. The summed E-state index contributed by atoms with van der Waals surface area (Å²) in [5, 5.41) is 4.46. The molecule has 0 amide bonds. The molecule has 0 unspecified atom stereocenters. The molecule has 0 bridgehead atoms. The van der Waals surface area contributed by atoms with Crippen LogP contribution in [0.4, 0.5) is 34.1 Å². The molecule has 11 rings (SSSR count). The maximum absolute atomic E-state index is 5.25. The van der Waals surface area contributed by atoms with E-state index < -0.39 is 0 Å². The number of rotatable bonds is 8. The van der Waals surface area contributed by atoms with Gasteiger partial charge in [0.05, 0.1) is 22.1 Å². The fraction of sp³-hybridized carbons (Fsp3) is 0. The minimum absolute atomic E-state index is 0.550. The van der Waals surface area contributed by atoms with Gasteiger partial charge in [-0.25, -0.2) is 9.97 Å². The van der Waals surface area contributed by atoms with Crippen LogP contribution in [0.1, 0.15) is 0 Å². The van der Waals surface area contributed by atoms with Gasteiger partial charge >= 0.3 is 0 Å². The third-order valence-electron chi connectivity index (χ3n) is 10.8. The fourth-order valence-electron chi connectivity index (χ4n) is 8.33. The third-order valence-corrected chi connectivity index (χ3v) is 10.8. The van der Waals surface area contributed by atoms with Crippen molar-refractivity contribution in [3.8, 4) is 11.9 Å². The van der Waals surface area contributed by atoms with Crippen LogP contribution in [-0.2, 0) is 0 Å². The number of benzene rings is 8. The normalized spacial score (nSPS) is 11.4. The van der Waals surface area contributed by atoms with E-state index in [0.29, 0.717) is 11.9 Å². The van der Waals surface area contributed by atoms with Gasteiger partial charge in [0.2, 0.25) is 11.9 Å². The van der Waals surface area contributed by atoms with Gasteiger partial charge in [-0.3, -0.25) is 9.13 Å². The van der Waals surface area contributed by atoms with Gasteiger partial charge < -0.3 is 9.80 Å².